The number of carboxylic acid groups (broad SMARTS) is 1. The van der Waals surface area contributed by atoms with Crippen LogP contribution in [0.2, 0.25) is 0 Å². The highest BCUT2D eigenvalue weighted by Gasteiger charge is 2.25. The minimum Gasteiger partial charge on any atom is -0.544 e. The summed E-state index contributed by atoms with van der Waals surface area (Å²) in [5, 5.41) is 11.6. The molecular formula is C46H75NO7. The molecule has 54 heavy (non-hydrogen) atoms. The number of esters is 2. The normalized spacial score (nSPS) is 13.9. The average molecular weight is 754 g/mol. The molecule has 8 nitrogen and oxygen atoms in total. The number of likely N-dealkylation sites (N-methyl/N-ethyl adjacent to an activating group) is 1. The molecule has 0 aliphatic rings. The Morgan fingerprint density at radius 2 is 1.07 bits per heavy atom. The maximum atomic E-state index is 12.7. The molecule has 0 fully saturated rings. The molecule has 0 saturated carbocycles. The third-order valence-corrected chi connectivity index (χ3v) is 8.53. The van der Waals surface area contributed by atoms with Gasteiger partial charge in [0.25, 0.3) is 0 Å². The number of hydrogen-bond donors (Lipinski definition) is 0. The molecule has 0 aromatic carbocycles. The lowest BCUT2D eigenvalue weighted by Crippen LogP contribution is -2.55. The second kappa shape index (κ2) is 36.5. The van der Waals surface area contributed by atoms with E-state index in [-0.39, 0.29) is 49.5 Å². The molecular weight excluding hydrogens is 679 g/mol. The first-order chi connectivity index (χ1) is 26.1. The van der Waals surface area contributed by atoms with E-state index in [0.29, 0.717) is 12.8 Å². The van der Waals surface area contributed by atoms with Crippen LogP contribution in [0.5, 0.6) is 0 Å². The van der Waals surface area contributed by atoms with Crippen molar-refractivity contribution < 1.29 is 38.2 Å². The Bertz CT molecular complexity index is 1160. The Balaban J connectivity index is 4.58. The number of hydrogen-bond acceptors (Lipinski definition) is 7. The van der Waals surface area contributed by atoms with Crippen LogP contribution in [0.1, 0.15) is 136 Å². The van der Waals surface area contributed by atoms with Gasteiger partial charge in [-0.25, -0.2) is 0 Å². The van der Waals surface area contributed by atoms with E-state index in [2.05, 4.69) is 92.8 Å². The summed E-state index contributed by atoms with van der Waals surface area (Å²) in [7, 11) is 5.35. The molecule has 0 aliphatic heterocycles. The van der Waals surface area contributed by atoms with Crippen molar-refractivity contribution in [3.63, 3.8) is 0 Å². The van der Waals surface area contributed by atoms with Gasteiger partial charge in [-0.05, 0) is 70.6 Å². The van der Waals surface area contributed by atoms with Crippen molar-refractivity contribution in [2.75, 3.05) is 41.0 Å². The maximum Gasteiger partial charge on any atom is 0.306 e. The predicted molar refractivity (Wildman–Crippen MR) is 222 cm³/mol. The third kappa shape index (κ3) is 34.3. The van der Waals surface area contributed by atoms with E-state index in [1.165, 1.54) is 38.5 Å². The lowest BCUT2D eigenvalue weighted by Gasteiger charge is -2.34. The summed E-state index contributed by atoms with van der Waals surface area (Å²) < 4.78 is 17.0. The van der Waals surface area contributed by atoms with Gasteiger partial charge in [0.1, 0.15) is 12.6 Å². The van der Waals surface area contributed by atoms with Crippen molar-refractivity contribution in [2.45, 2.75) is 148 Å². The number of carbonyl (C=O) groups is 3. The van der Waals surface area contributed by atoms with Gasteiger partial charge in [0, 0.05) is 19.3 Å². The van der Waals surface area contributed by atoms with E-state index < -0.39 is 24.1 Å². The van der Waals surface area contributed by atoms with Crippen LogP contribution in [0.4, 0.5) is 0 Å². The van der Waals surface area contributed by atoms with Crippen molar-refractivity contribution in [2.24, 2.45) is 0 Å². The Morgan fingerprint density at radius 3 is 1.61 bits per heavy atom. The summed E-state index contributed by atoms with van der Waals surface area (Å²) >= 11 is 0. The highest BCUT2D eigenvalue weighted by molar-refractivity contribution is 5.70. The summed E-state index contributed by atoms with van der Waals surface area (Å²) in [6, 6.07) is -0.747. The highest BCUT2D eigenvalue weighted by atomic mass is 16.6. The first-order valence-corrected chi connectivity index (χ1v) is 20.6. The van der Waals surface area contributed by atoms with Crippen LogP contribution in [0, 0.1) is 0 Å². The molecule has 0 aromatic heterocycles. The van der Waals surface area contributed by atoms with Gasteiger partial charge in [-0.2, -0.15) is 0 Å². The number of unbranched alkanes of at least 4 members (excludes halogenated alkanes) is 7. The highest BCUT2D eigenvalue weighted by Crippen LogP contribution is 2.10. The number of nitrogens with zero attached hydrogens (tertiary/aromatic N) is 1. The van der Waals surface area contributed by atoms with Crippen molar-refractivity contribution in [3.05, 3.63) is 85.1 Å². The number of carboxylic acids is 1. The summed E-state index contributed by atoms with van der Waals surface area (Å²) in [6.45, 7) is 4.38. The molecule has 0 N–H and O–H groups in total. The van der Waals surface area contributed by atoms with E-state index in [0.717, 1.165) is 51.4 Å². The largest absolute Gasteiger partial charge is 0.544 e. The zero-order valence-electron chi connectivity index (χ0n) is 34.6. The fourth-order valence-electron chi connectivity index (χ4n) is 5.33. The van der Waals surface area contributed by atoms with Gasteiger partial charge in [-0.15, -0.1) is 0 Å². The van der Waals surface area contributed by atoms with Gasteiger partial charge in [0.15, 0.2) is 6.10 Å². The second-order valence-electron chi connectivity index (χ2n) is 14.5. The molecule has 0 spiro atoms. The lowest BCUT2D eigenvalue weighted by atomic mass is 10.1. The molecule has 2 unspecified atom stereocenters. The molecule has 306 valence electrons. The molecule has 8 heteroatoms. The Hall–Kier alpha value is -3.49. The molecule has 0 saturated heterocycles. The van der Waals surface area contributed by atoms with Crippen molar-refractivity contribution in [3.8, 4) is 0 Å². The topological polar surface area (TPSA) is 102 Å². The smallest absolute Gasteiger partial charge is 0.306 e. The van der Waals surface area contributed by atoms with Crippen LogP contribution >= 0.6 is 0 Å². The standard InChI is InChI=1S/C46H75NO7/c1-6-8-10-12-14-16-18-20-21-22-23-25-27-29-31-33-35-37-45(49)54-42(40-52-39-38-43(46(50)51)47(3,4)5)41-53-44(48)36-34-32-30-28-26-24-19-17-15-13-11-9-7-2/h8,10,14,16,20-21,23-26,29-32,42-43H,6-7,9,11-13,15,17-19,22,27-28,33-41H2,1-5H3/b10-8+,16-14+,21-20+,25-23+,26-24+,31-29+,32-30+. The molecule has 0 bridgehead atoms. The van der Waals surface area contributed by atoms with Crippen LogP contribution < -0.4 is 5.11 Å². The fraction of sp³-hybridized carbons (Fsp3) is 0.630. The number of carbonyl (C=O) groups excluding carboxylic acids is 3. The van der Waals surface area contributed by atoms with Crippen LogP contribution in [0.15, 0.2) is 85.1 Å². The van der Waals surface area contributed by atoms with Crippen LogP contribution in [0.25, 0.3) is 0 Å². The second-order valence-corrected chi connectivity index (χ2v) is 14.5. The monoisotopic (exact) mass is 754 g/mol. The minimum absolute atomic E-state index is 0.00429. The van der Waals surface area contributed by atoms with Crippen molar-refractivity contribution in [1.29, 1.82) is 0 Å². The number of rotatable bonds is 35. The summed E-state index contributed by atoms with van der Waals surface area (Å²) in [6.07, 6.45) is 46.3. The minimum atomic E-state index is -1.14. The van der Waals surface area contributed by atoms with Crippen LogP contribution in [0.3, 0.4) is 0 Å². The van der Waals surface area contributed by atoms with E-state index in [1.54, 1.807) is 21.1 Å². The van der Waals surface area contributed by atoms with Crippen molar-refractivity contribution in [1.82, 2.24) is 0 Å². The average Bonchev–Trinajstić information content (AvgIpc) is 3.12. The first kappa shape index (κ1) is 50.5. The van der Waals surface area contributed by atoms with E-state index in [1.807, 2.05) is 6.08 Å². The third-order valence-electron chi connectivity index (χ3n) is 8.53. The number of ether oxygens (including phenoxy) is 3. The lowest BCUT2D eigenvalue weighted by molar-refractivity contribution is -0.889. The quantitative estimate of drug-likeness (QED) is 0.0275. The Kier molecular flexibility index (Phi) is 34.1. The van der Waals surface area contributed by atoms with Gasteiger partial charge in [0.2, 0.25) is 0 Å². The van der Waals surface area contributed by atoms with Crippen molar-refractivity contribution >= 4 is 17.9 Å². The summed E-state index contributed by atoms with van der Waals surface area (Å²) in [5.74, 6) is -1.91. The SMILES string of the molecule is CC/C=C/C/C=C/C/C=C/C/C=C/C/C=C/CCCC(=O)OC(COCCC(C(=O)[O-])[N+](C)(C)C)COC(=O)CC/C=C/C/C=C/CCCCCCCC. The zero-order chi connectivity index (χ0) is 40.0. The Morgan fingerprint density at radius 1 is 0.574 bits per heavy atom. The molecule has 0 rings (SSSR count). The molecule has 0 radical (unpaired) electrons. The maximum absolute atomic E-state index is 12.7. The van der Waals surface area contributed by atoms with Crippen LogP contribution in [-0.2, 0) is 28.6 Å². The molecule has 0 aromatic rings. The van der Waals surface area contributed by atoms with E-state index >= 15 is 0 Å². The molecule has 0 amide bonds. The van der Waals surface area contributed by atoms with Gasteiger partial charge < -0.3 is 28.6 Å². The zero-order valence-corrected chi connectivity index (χ0v) is 34.6. The fourth-order valence-corrected chi connectivity index (χ4v) is 5.33. The van der Waals surface area contributed by atoms with Gasteiger partial charge >= 0.3 is 11.9 Å². The van der Waals surface area contributed by atoms with E-state index in [9.17, 15) is 19.5 Å². The van der Waals surface area contributed by atoms with Gasteiger partial charge in [-0.1, -0.05) is 131 Å². The van der Waals surface area contributed by atoms with Gasteiger partial charge in [0.05, 0.1) is 40.3 Å². The van der Waals surface area contributed by atoms with Crippen LogP contribution in [-0.4, -0.2) is 75.5 Å². The first-order valence-electron chi connectivity index (χ1n) is 20.6. The molecule has 0 heterocycles. The van der Waals surface area contributed by atoms with E-state index in [4.69, 9.17) is 14.2 Å². The number of aliphatic carboxylic acids is 1. The Labute approximate surface area is 329 Å². The number of quaternary nitrogens is 1. The summed E-state index contributed by atoms with van der Waals surface area (Å²) in [4.78, 5) is 36.7. The van der Waals surface area contributed by atoms with Gasteiger partial charge in [-0.3, -0.25) is 9.59 Å². The molecule has 2 atom stereocenters. The number of allylic oxidation sites excluding steroid dienone is 14. The summed E-state index contributed by atoms with van der Waals surface area (Å²) in [5.41, 5.74) is 0. The predicted octanol–water partition coefficient (Wildman–Crippen LogP) is 9.63. The molecule has 0 aliphatic carbocycles.